The Bertz CT molecular complexity index is 1180. The summed E-state index contributed by atoms with van der Waals surface area (Å²) in [6, 6.07) is 22.9. The van der Waals surface area contributed by atoms with Crippen molar-refractivity contribution in [3.63, 3.8) is 0 Å². The lowest BCUT2D eigenvalue weighted by Crippen LogP contribution is -2.42. The average Bonchev–Trinajstić information content (AvgIpc) is 3.19. The van der Waals surface area contributed by atoms with Crippen LogP contribution >= 0.6 is 11.8 Å². The first-order valence-corrected chi connectivity index (χ1v) is 10.9. The Hall–Kier alpha value is -3.58. The second kappa shape index (κ2) is 9.49. The molecule has 4 aromatic rings. The molecule has 0 aliphatic heterocycles. The molecule has 0 saturated carbocycles. The highest BCUT2D eigenvalue weighted by Crippen LogP contribution is 2.23. The van der Waals surface area contributed by atoms with Crippen LogP contribution in [-0.2, 0) is 17.0 Å². The molecule has 0 spiro atoms. The molecular weight excluding hydrogens is 408 g/mol. The van der Waals surface area contributed by atoms with Gasteiger partial charge in [0, 0.05) is 11.3 Å². The van der Waals surface area contributed by atoms with Gasteiger partial charge in [0.05, 0.1) is 17.5 Å². The van der Waals surface area contributed by atoms with Crippen LogP contribution in [0.1, 0.15) is 27.0 Å². The molecule has 3 aromatic carbocycles. The molecular formula is C24H22N4O2S. The van der Waals surface area contributed by atoms with Crippen molar-refractivity contribution in [2.45, 2.75) is 24.3 Å². The van der Waals surface area contributed by atoms with Crippen molar-refractivity contribution in [1.82, 2.24) is 20.8 Å². The third kappa shape index (κ3) is 5.52. The van der Waals surface area contributed by atoms with Crippen LogP contribution < -0.4 is 10.9 Å². The fourth-order valence-corrected chi connectivity index (χ4v) is 3.99. The number of carbonyl (C=O) groups excluding carboxylic acids is 2. The summed E-state index contributed by atoms with van der Waals surface area (Å²) in [6.07, 6.45) is 0.208. The molecule has 3 N–H and O–H groups in total. The van der Waals surface area contributed by atoms with Crippen molar-refractivity contribution < 1.29 is 9.59 Å². The van der Waals surface area contributed by atoms with E-state index in [9.17, 15) is 9.59 Å². The Labute approximate surface area is 184 Å². The molecule has 0 fully saturated rings. The maximum absolute atomic E-state index is 12.3. The molecule has 0 bridgehead atoms. The molecule has 4 rings (SSSR count). The standard InChI is InChI=1S/C24H22N4O2S/c1-16-5-4-6-18(13-16)14-22(29)27-28-23(30)19-11-9-17(10-12-19)15-31-24-25-20-7-2-3-8-21(20)26-24/h2-13H,14-15H2,1H3,(H,25,26)(H,27,29)(H,28,30). The summed E-state index contributed by atoms with van der Waals surface area (Å²) in [4.78, 5) is 32.2. The van der Waals surface area contributed by atoms with Crippen molar-refractivity contribution in [1.29, 1.82) is 0 Å². The zero-order valence-electron chi connectivity index (χ0n) is 17.0. The van der Waals surface area contributed by atoms with E-state index >= 15 is 0 Å². The molecule has 31 heavy (non-hydrogen) atoms. The Morgan fingerprint density at radius 2 is 1.74 bits per heavy atom. The molecule has 0 radical (unpaired) electrons. The Morgan fingerprint density at radius 1 is 0.935 bits per heavy atom. The Balaban J connectivity index is 1.27. The maximum atomic E-state index is 12.3. The van der Waals surface area contributed by atoms with Gasteiger partial charge in [-0.3, -0.25) is 20.4 Å². The molecule has 1 heterocycles. The molecule has 0 saturated heterocycles. The fraction of sp³-hybridized carbons (Fsp3) is 0.125. The minimum atomic E-state index is -0.353. The van der Waals surface area contributed by atoms with Crippen LogP contribution in [0.5, 0.6) is 0 Å². The monoisotopic (exact) mass is 430 g/mol. The van der Waals surface area contributed by atoms with E-state index in [0.29, 0.717) is 5.56 Å². The zero-order valence-corrected chi connectivity index (χ0v) is 17.8. The van der Waals surface area contributed by atoms with Gasteiger partial charge < -0.3 is 4.98 Å². The summed E-state index contributed by atoms with van der Waals surface area (Å²) in [5.74, 6) is 0.112. The second-order valence-electron chi connectivity index (χ2n) is 7.21. The summed E-state index contributed by atoms with van der Waals surface area (Å²) >= 11 is 1.61. The number of aromatic amines is 1. The van der Waals surface area contributed by atoms with E-state index in [-0.39, 0.29) is 18.2 Å². The van der Waals surface area contributed by atoms with Gasteiger partial charge in [-0.05, 0) is 42.3 Å². The smallest absolute Gasteiger partial charge is 0.269 e. The number of carbonyl (C=O) groups is 2. The number of amides is 2. The summed E-state index contributed by atoms with van der Waals surface area (Å²) in [7, 11) is 0. The van der Waals surface area contributed by atoms with E-state index < -0.39 is 0 Å². The number of rotatable bonds is 6. The van der Waals surface area contributed by atoms with E-state index in [0.717, 1.165) is 38.6 Å². The first-order chi connectivity index (χ1) is 15.1. The van der Waals surface area contributed by atoms with Gasteiger partial charge >= 0.3 is 0 Å². The van der Waals surface area contributed by atoms with Crippen LogP contribution in [0.4, 0.5) is 0 Å². The summed E-state index contributed by atoms with van der Waals surface area (Å²) in [6.45, 7) is 1.97. The maximum Gasteiger partial charge on any atom is 0.269 e. The van der Waals surface area contributed by atoms with E-state index in [1.165, 1.54) is 0 Å². The zero-order chi connectivity index (χ0) is 21.6. The predicted octanol–water partition coefficient (Wildman–Crippen LogP) is 4.17. The minimum absolute atomic E-state index is 0.208. The lowest BCUT2D eigenvalue weighted by molar-refractivity contribution is -0.121. The molecule has 7 heteroatoms. The van der Waals surface area contributed by atoms with Crippen LogP contribution in [0.3, 0.4) is 0 Å². The highest BCUT2D eigenvalue weighted by Gasteiger charge is 2.09. The van der Waals surface area contributed by atoms with E-state index in [4.69, 9.17) is 0 Å². The number of hydrogen-bond donors (Lipinski definition) is 3. The quantitative estimate of drug-likeness (QED) is 0.317. The number of fused-ring (bicyclic) bond motifs is 1. The average molecular weight is 431 g/mol. The van der Waals surface area contributed by atoms with Gasteiger partial charge in [-0.2, -0.15) is 0 Å². The number of H-pyrrole nitrogens is 1. The molecule has 0 unspecified atom stereocenters. The first kappa shape index (κ1) is 20.7. The molecule has 0 aliphatic carbocycles. The lowest BCUT2D eigenvalue weighted by atomic mass is 10.1. The third-order valence-corrected chi connectivity index (χ3v) is 5.67. The molecule has 156 valence electrons. The van der Waals surface area contributed by atoms with Crippen molar-refractivity contribution in [2.24, 2.45) is 0 Å². The molecule has 0 aliphatic rings. The number of aryl methyl sites for hydroxylation is 1. The SMILES string of the molecule is Cc1cccc(CC(=O)NNC(=O)c2ccc(CSc3nc4ccccc4[nH]3)cc2)c1. The van der Waals surface area contributed by atoms with Crippen LogP contribution in [0.2, 0.25) is 0 Å². The van der Waals surface area contributed by atoms with Gasteiger partial charge in [0.2, 0.25) is 5.91 Å². The summed E-state index contributed by atoms with van der Waals surface area (Å²) in [5.41, 5.74) is 10.4. The van der Waals surface area contributed by atoms with Crippen LogP contribution in [0, 0.1) is 6.92 Å². The van der Waals surface area contributed by atoms with Gasteiger partial charge in [-0.25, -0.2) is 4.98 Å². The molecule has 1 aromatic heterocycles. The van der Waals surface area contributed by atoms with Crippen molar-refractivity contribution in [2.75, 3.05) is 0 Å². The van der Waals surface area contributed by atoms with Gasteiger partial charge in [0.1, 0.15) is 0 Å². The Morgan fingerprint density at radius 3 is 2.52 bits per heavy atom. The first-order valence-electron chi connectivity index (χ1n) is 9.88. The molecule has 2 amide bonds. The number of benzene rings is 3. The van der Waals surface area contributed by atoms with Gasteiger partial charge in [0.15, 0.2) is 5.16 Å². The van der Waals surface area contributed by atoms with Crippen LogP contribution in [-0.4, -0.2) is 21.8 Å². The summed E-state index contributed by atoms with van der Waals surface area (Å²) in [5, 5.41) is 0.861. The van der Waals surface area contributed by atoms with Gasteiger partial charge in [0.25, 0.3) is 5.91 Å². The van der Waals surface area contributed by atoms with Crippen LogP contribution in [0.25, 0.3) is 11.0 Å². The van der Waals surface area contributed by atoms with Crippen LogP contribution in [0.15, 0.2) is 78.0 Å². The normalized spacial score (nSPS) is 10.7. The van der Waals surface area contributed by atoms with Crippen molar-refractivity contribution in [3.8, 4) is 0 Å². The number of para-hydroxylation sites is 2. The second-order valence-corrected chi connectivity index (χ2v) is 8.18. The van der Waals surface area contributed by atoms with Gasteiger partial charge in [-0.1, -0.05) is 65.9 Å². The van der Waals surface area contributed by atoms with E-state index in [1.54, 1.807) is 23.9 Å². The number of hydrazine groups is 1. The third-order valence-electron chi connectivity index (χ3n) is 4.72. The lowest BCUT2D eigenvalue weighted by Gasteiger charge is -2.08. The highest BCUT2D eigenvalue weighted by atomic mass is 32.2. The number of thioether (sulfide) groups is 1. The topological polar surface area (TPSA) is 86.9 Å². The largest absolute Gasteiger partial charge is 0.333 e. The van der Waals surface area contributed by atoms with Crippen molar-refractivity contribution in [3.05, 3.63) is 95.1 Å². The molecule has 6 nitrogen and oxygen atoms in total. The highest BCUT2D eigenvalue weighted by molar-refractivity contribution is 7.98. The number of nitrogens with zero attached hydrogens (tertiary/aromatic N) is 1. The minimum Gasteiger partial charge on any atom is -0.333 e. The number of nitrogens with one attached hydrogen (secondary N) is 3. The number of aromatic nitrogens is 2. The van der Waals surface area contributed by atoms with Gasteiger partial charge in [-0.15, -0.1) is 0 Å². The van der Waals surface area contributed by atoms with Crippen molar-refractivity contribution >= 4 is 34.6 Å². The van der Waals surface area contributed by atoms with E-state index in [2.05, 4.69) is 20.8 Å². The number of imidazole rings is 1. The number of hydrogen-bond acceptors (Lipinski definition) is 4. The summed E-state index contributed by atoms with van der Waals surface area (Å²) < 4.78 is 0. The Kier molecular flexibility index (Phi) is 6.33. The molecule has 0 atom stereocenters. The fourth-order valence-electron chi connectivity index (χ4n) is 3.15. The van der Waals surface area contributed by atoms with E-state index in [1.807, 2.05) is 67.6 Å². The predicted molar refractivity (Wildman–Crippen MR) is 123 cm³/mol.